The molecule has 0 N–H and O–H groups in total. The molecule has 2 aromatic heterocycles. The van der Waals surface area contributed by atoms with Crippen LogP contribution in [0, 0.1) is 0 Å². The monoisotopic (exact) mass is 678 g/mol. The van der Waals surface area contributed by atoms with Crippen molar-refractivity contribution >= 4 is 74.6 Å². The van der Waals surface area contributed by atoms with E-state index in [-0.39, 0.29) is 0 Å². The molecule has 11 aromatic rings. The first-order chi connectivity index (χ1) is 25.8. The minimum Gasteiger partial charge on any atom is -0.464 e. The van der Waals surface area contributed by atoms with Crippen molar-refractivity contribution in [3.63, 3.8) is 0 Å². The highest BCUT2D eigenvalue weighted by Gasteiger charge is 2.21. The van der Waals surface area contributed by atoms with Crippen LogP contribution in [-0.4, -0.2) is 0 Å². The molecule has 0 amide bonds. The van der Waals surface area contributed by atoms with Crippen LogP contribution in [0.5, 0.6) is 0 Å². The summed E-state index contributed by atoms with van der Waals surface area (Å²) in [5.41, 5.74) is 8.74. The number of hydrogen-bond donors (Lipinski definition) is 0. The number of benzene rings is 9. The number of rotatable bonds is 4. The summed E-state index contributed by atoms with van der Waals surface area (Å²) in [5.74, 6) is 0.892. The third-order valence-electron chi connectivity index (χ3n) is 10.7. The Hall–Kier alpha value is -6.48. The van der Waals surface area contributed by atoms with Crippen molar-refractivity contribution in [2.45, 2.75) is 0 Å². The van der Waals surface area contributed by atoms with Gasteiger partial charge in [0.15, 0.2) is 0 Å². The summed E-state index contributed by atoms with van der Waals surface area (Å²) in [6, 6.07) is 64.2. The van der Waals surface area contributed by atoms with Gasteiger partial charge in [-0.15, -0.1) is 11.3 Å². The quantitative estimate of drug-likeness (QED) is 0.169. The fraction of sp³-hybridized carbons (Fsp3) is 0. The molecule has 0 spiro atoms. The number of furan rings is 1. The highest BCUT2D eigenvalue weighted by Crippen LogP contribution is 2.49. The lowest BCUT2D eigenvalue weighted by Crippen LogP contribution is -1.90. The second-order valence-corrected chi connectivity index (χ2v) is 14.6. The Labute approximate surface area is 304 Å². The van der Waals surface area contributed by atoms with Crippen molar-refractivity contribution in [2.24, 2.45) is 0 Å². The van der Waals surface area contributed by atoms with Crippen LogP contribution in [0.2, 0.25) is 0 Å². The van der Waals surface area contributed by atoms with E-state index in [2.05, 4.69) is 170 Å². The summed E-state index contributed by atoms with van der Waals surface area (Å²) >= 11 is 1.90. The first kappa shape index (κ1) is 29.3. The van der Waals surface area contributed by atoms with Gasteiger partial charge in [-0.25, -0.2) is 0 Å². The lowest BCUT2D eigenvalue weighted by molar-refractivity contribution is 0.583. The smallest absolute Gasteiger partial charge is 0.135 e. The molecule has 52 heavy (non-hydrogen) atoms. The Morgan fingerprint density at radius 1 is 0.327 bits per heavy atom. The van der Waals surface area contributed by atoms with Gasteiger partial charge in [-0.1, -0.05) is 158 Å². The predicted octanol–water partition coefficient (Wildman–Crippen LogP) is 14.9. The average Bonchev–Trinajstić information content (AvgIpc) is 3.88. The SMILES string of the molecule is c1ccc(-c2c3ccccc3c(-c3ccc4c(c3)sc3c(-c5c6ccccc6c(-c6ccco6)c6ccccc56)cccc34)c3ccccc23)cc1. The van der Waals surface area contributed by atoms with Crippen molar-refractivity contribution in [1.29, 1.82) is 0 Å². The lowest BCUT2D eigenvalue weighted by Gasteiger charge is -2.17. The second kappa shape index (κ2) is 11.5. The third kappa shape index (κ3) is 4.28. The van der Waals surface area contributed by atoms with Crippen LogP contribution in [0.1, 0.15) is 0 Å². The zero-order valence-corrected chi connectivity index (χ0v) is 29.0. The van der Waals surface area contributed by atoms with Gasteiger partial charge in [0.05, 0.1) is 6.26 Å². The van der Waals surface area contributed by atoms with Crippen LogP contribution in [0.15, 0.2) is 187 Å². The molecule has 2 heterocycles. The minimum atomic E-state index is 0.892. The van der Waals surface area contributed by atoms with Gasteiger partial charge in [0.2, 0.25) is 0 Å². The Bertz CT molecular complexity index is 3050. The highest BCUT2D eigenvalue weighted by atomic mass is 32.1. The molecular weight excluding hydrogens is 649 g/mol. The molecule has 0 atom stereocenters. The molecule has 0 saturated heterocycles. The first-order valence-corrected chi connectivity index (χ1v) is 18.6. The molecule has 11 rings (SSSR count). The number of hydrogen-bond acceptors (Lipinski definition) is 2. The summed E-state index contributed by atoms with van der Waals surface area (Å²) in [5, 5.41) is 12.5. The van der Waals surface area contributed by atoms with Gasteiger partial charge in [-0.2, -0.15) is 0 Å². The summed E-state index contributed by atoms with van der Waals surface area (Å²) in [6.45, 7) is 0. The van der Waals surface area contributed by atoms with E-state index in [1.807, 2.05) is 17.4 Å². The van der Waals surface area contributed by atoms with Crippen molar-refractivity contribution < 1.29 is 4.42 Å². The topological polar surface area (TPSA) is 13.1 Å². The third-order valence-corrected chi connectivity index (χ3v) is 12.0. The molecule has 0 aliphatic heterocycles. The van der Waals surface area contributed by atoms with Gasteiger partial charge < -0.3 is 4.42 Å². The Morgan fingerprint density at radius 2 is 0.827 bits per heavy atom. The van der Waals surface area contributed by atoms with E-state index in [0.717, 1.165) is 11.3 Å². The van der Waals surface area contributed by atoms with Gasteiger partial charge in [0.25, 0.3) is 0 Å². The van der Waals surface area contributed by atoms with E-state index in [1.165, 1.54) is 96.6 Å². The minimum absolute atomic E-state index is 0.892. The van der Waals surface area contributed by atoms with Crippen LogP contribution < -0.4 is 0 Å². The Kier molecular flexibility index (Phi) is 6.49. The molecule has 9 aromatic carbocycles. The molecular formula is C50H30OS. The van der Waals surface area contributed by atoms with E-state index in [1.54, 1.807) is 6.26 Å². The van der Waals surface area contributed by atoms with E-state index >= 15 is 0 Å². The molecule has 0 aliphatic carbocycles. The average molecular weight is 679 g/mol. The maximum atomic E-state index is 6.02. The maximum absolute atomic E-state index is 6.02. The first-order valence-electron chi connectivity index (χ1n) is 17.8. The maximum Gasteiger partial charge on any atom is 0.135 e. The molecule has 0 saturated carbocycles. The summed E-state index contributed by atoms with van der Waals surface area (Å²) in [6.07, 6.45) is 1.77. The molecule has 0 fully saturated rings. The van der Waals surface area contributed by atoms with Crippen molar-refractivity contribution in [3.8, 4) is 44.7 Å². The van der Waals surface area contributed by atoms with E-state index in [9.17, 15) is 0 Å². The molecule has 1 nitrogen and oxygen atoms in total. The Morgan fingerprint density at radius 3 is 1.38 bits per heavy atom. The summed E-state index contributed by atoms with van der Waals surface area (Å²) < 4.78 is 8.63. The molecule has 2 heteroatoms. The Balaban J connectivity index is 1.18. The van der Waals surface area contributed by atoms with E-state index in [4.69, 9.17) is 4.42 Å². The van der Waals surface area contributed by atoms with Crippen molar-refractivity contribution in [1.82, 2.24) is 0 Å². The summed E-state index contributed by atoms with van der Waals surface area (Å²) in [4.78, 5) is 0. The standard InChI is InChI=1S/C50H30OS/c1-2-14-31(15-3-1)46-34-16-4-6-18-36(34)47(37-19-7-5-17-35(37)46)32-27-28-33-42-24-12-25-43(50(42)52-45(33)30-32)48-38-20-8-10-22-40(38)49(44-26-13-29-51-44)41-23-11-9-21-39(41)48/h1-30H. The zero-order valence-electron chi connectivity index (χ0n) is 28.1. The van der Waals surface area contributed by atoms with Gasteiger partial charge >= 0.3 is 0 Å². The van der Waals surface area contributed by atoms with Crippen LogP contribution >= 0.6 is 11.3 Å². The van der Waals surface area contributed by atoms with Crippen LogP contribution in [0.3, 0.4) is 0 Å². The molecule has 0 aliphatic rings. The van der Waals surface area contributed by atoms with Gasteiger partial charge in [0.1, 0.15) is 5.76 Å². The van der Waals surface area contributed by atoms with Crippen molar-refractivity contribution in [3.05, 3.63) is 182 Å². The number of thiophene rings is 1. The van der Waals surface area contributed by atoms with Gasteiger partial charge in [0, 0.05) is 31.3 Å². The second-order valence-electron chi connectivity index (χ2n) is 13.5. The molecule has 0 unspecified atom stereocenters. The van der Waals surface area contributed by atoms with Crippen LogP contribution in [0.25, 0.3) is 108 Å². The zero-order chi connectivity index (χ0) is 34.2. The lowest BCUT2D eigenvalue weighted by atomic mass is 9.86. The summed E-state index contributed by atoms with van der Waals surface area (Å²) in [7, 11) is 0. The van der Waals surface area contributed by atoms with Gasteiger partial charge in [-0.05, 0) is 89.1 Å². The largest absolute Gasteiger partial charge is 0.464 e. The number of fused-ring (bicyclic) bond motifs is 7. The molecule has 0 radical (unpaired) electrons. The fourth-order valence-corrected chi connectivity index (χ4v) is 9.87. The normalized spacial score (nSPS) is 11.8. The van der Waals surface area contributed by atoms with Gasteiger partial charge in [-0.3, -0.25) is 0 Å². The van der Waals surface area contributed by atoms with Crippen molar-refractivity contribution in [2.75, 3.05) is 0 Å². The fourth-order valence-electron chi connectivity index (χ4n) is 8.61. The van der Waals surface area contributed by atoms with E-state index in [0.29, 0.717) is 0 Å². The predicted molar refractivity (Wildman–Crippen MR) is 223 cm³/mol. The van der Waals surface area contributed by atoms with Crippen LogP contribution in [-0.2, 0) is 0 Å². The van der Waals surface area contributed by atoms with Crippen LogP contribution in [0.4, 0.5) is 0 Å². The molecule has 242 valence electrons. The highest BCUT2D eigenvalue weighted by molar-refractivity contribution is 7.26. The van der Waals surface area contributed by atoms with E-state index < -0.39 is 0 Å². The molecule has 0 bridgehead atoms.